The maximum absolute atomic E-state index is 5.26. The summed E-state index contributed by atoms with van der Waals surface area (Å²) >= 11 is 5.04. The van der Waals surface area contributed by atoms with Gasteiger partial charge in [0.15, 0.2) is 5.16 Å². The molecule has 0 unspecified atom stereocenters. The first kappa shape index (κ1) is 14.7. The number of aromatic amines is 1. The van der Waals surface area contributed by atoms with Crippen LogP contribution in [0.15, 0.2) is 50.8 Å². The van der Waals surface area contributed by atoms with Crippen molar-refractivity contribution < 1.29 is 4.52 Å². The van der Waals surface area contributed by atoms with Crippen molar-refractivity contribution in [2.75, 3.05) is 0 Å². The summed E-state index contributed by atoms with van der Waals surface area (Å²) in [4.78, 5) is 10.6. The van der Waals surface area contributed by atoms with Crippen LogP contribution in [0.25, 0.3) is 21.1 Å². The first-order valence-corrected chi connectivity index (χ1v) is 9.77. The lowest BCUT2D eigenvalue weighted by molar-refractivity contribution is 0.391. The highest BCUT2D eigenvalue weighted by molar-refractivity contribution is 7.98. The van der Waals surface area contributed by atoms with Crippen LogP contribution in [0.2, 0.25) is 0 Å². The van der Waals surface area contributed by atoms with Gasteiger partial charge in [-0.2, -0.15) is 0 Å². The standard InChI is InChI=1S/C16H13N3OS3/c1-10-8-11(20-19-10)9-23-16-17-14(12-4-2-6-21-12)15(18-16)13-5-3-7-22-13/h2-8H,9H2,1H3,(H,17,18). The third-order valence-electron chi connectivity index (χ3n) is 3.23. The normalized spacial score (nSPS) is 11.2. The van der Waals surface area contributed by atoms with E-state index in [1.165, 1.54) is 9.75 Å². The Morgan fingerprint density at radius 3 is 2.61 bits per heavy atom. The minimum Gasteiger partial charge on any atom is -0.360 e. The van der Waals surface area contributed by atoms with Crippen LogP contribution in [0, 0.1) is 6.92 Å². The molecule has 0 aliphatic heterocycles. The largest absolute Gasteiger partial charge is 0.360 e. The summed E-state index contributed by atoms with van der Waals surface area (Å²) in [6.45, 7) is 1.92. The van der Waals surface area contributed by atoms with Gasteiger partial charge in [-0.15, -0.1) is 22.7 Å². The van der Waals surface area contributed by atoms with E-state index in [0.29, 0.717) is 5.75 Å². The van der Waals surface area contributed by atoms with Crippen molar-refractivity contribution in [3.05, 3.63) is 52.5 Å². The van der Waals surface area contributed by atoms with E-state index < -0.39 is 0 Å². The smallest absolute Gasteiger partial charge is 0.166 e. The fourth-order valence-corrected chi connectivity index (χ4v) is 4.43. The number of hydrogen-bond acceptors (Lipinski definition) is 6. The molecule has 0 amide bonds. The van der Waals surface area contributed by atoms with E-state index in [0.717, 1.165) is 28.0 Å². The van der Waals surface area contributed by atoms with Gasteiger partial charge < -0.3 is 9.51 Å². The van der Waals surface area contributed by atoms with Crippen molar-refractivity contribution in [3.63, 3.8) is 0 Å². The lowest BCUT2D eigenvalue weighted by Gasteiger charge is -1.96. The molecule has 0 saturated carbocycles. The van der Waals surface area contributed by atoms with Crippen LogP contribution in [-0.2, 0) is 5.75 Å². The highest BCUT2D eigenvalue weighted by Crippen LogP contribution is 2.37. The number of thiophene rings is 2. The Kier molecular flexibility index (Phi) is 4.07. The summed E-state index contributed by atoms with van der Waals surface area (Å²) in [5, 5.41) is 8.97. The SMILES string of the molecule is Cc1cc(CSc2nc(-c3cccs3)c(-c3cccs3)[nH]2)on1. The fraction of sp³-hybridized carbons (Fsp3) is 0.125. The number of H-pyrrole nitrogens is 1. The molecule has 4 heterocycles. The summed E-state index contributed by atoms with van der Waals surface area (Å²) in [5.41, 5.74) is 3.00. The molecule has 116 valence electrons. The summed E-state index contributed by atoms with van der Waals surface area (Å²) in [6, 6.07) is 10.3. The summed E-state index contributed by atoms with van der Waals surface area (Å²) in [6.07, 6.45) is 0. The second-order valence-electron chi connectivity index (χ2n) is 4.94. The first-order valence-electron chi connectivity index (χ1n) is 7.02. The van der Waals surface area contributed by atoms with E-state index in [1.807, 2.05) is 13.0 Å². The second kappa shape index (κ2) is 6.35. The van der Waals surface area contributed by atoms with Crippen LogP contribution in [0.4, 0.5) is 0 Å². The number of aromatic nitrogens is 3. The average Bonchev–Trinajstić information content (AvgIpc) is 3.31. The molecule has 0 aliphatic carbocycles. The fourth-order valence-electron chi connectivity index (χ4n) is 2.23. The number of nitrogens with one attached hydrogen (secondary N) is 1. The van der Waals surface area contributed by atoms with Crippen molar-refractivity contribution in [1.29, 1.82) is 0 Å². The maximum atomic E-state index is 5.26. The molecular weight excluding hydrogens is 346 g/mol. The minimum absolute atomic E-state index is 0.710. The molecule has 4 aromatic rings. The molecular formula is C16H13N3OS3. The number of imidazole rings is 1. The van der Waals surface area contributed by atoms with Gasteiger partial charge in [-0.05, 0) is 29.8 Å². The van der Waals surface area contributed by atoms with Gasteiger partial charge in [0.25, 0.3) is 0 Å². The number of hydrogen-bond donors (Lipinski definition) is 1. The van der Waals surface area contributed by atoms with E-state index in [-0.39, 0.29) is 0 Å². The Labute approximate surface area is 145 Å². The molecule has 4 nitrogen and oxygen atoms in total. The molecule has 23 heavy (non-hydrogen) atoms. The number of thioether (sulfide) groups is 1. The second-order valence-corrected chi connectivity index (χ2v) is 7.80. The zero-order chi connectivity index (χ0) is 15.6. The number of rotatable bonds is 5. The van der Waals surface area contributed by atoms with Crippen molar-refractivity contribution >= 4 is 34.4 Å². The molecule has 4 rings (SSSR count). The van der Waals surface area contributed by atoms with Crippen molar-refractivity contribution in [1.82, 2.24) is 15.1 Å². The summed E-state index contributed by atoms with van der Waals surface area (Å²) in [7, 11) is 0. The predicted molar refractivity (Wildman–Crippen MR) is 96.0 cm³/mol. The van der Waals surface area contributed by atoms with Gasteiger partial charge in [-0.3, -0.25) is 0 Å². The van der Waals surface area contributed by atoms with E-state index >= 15 is 0 Å². The van der Waals surface area contributed by atoms with Crippen molar-refractivity contribution in [2.45, 2.75) is 17.8 Å². The maximum Gasteiger partial charge on any atom is 0.166 e. The van der Waals surface area contributed by atoms with E-state index in [4.69, 9.17) is 9.51 Å². The number of nitrogens with zero attached hydrogens (tertiary/aromatic N) is 2. The molecule has 0 aromatic carbocycles. The highest BCUT2D eigenvalue weighted by atomic mass is 32.2. The van der Waals surface area contributed by atoms with Crippen LogP contribution in [0.5, 0.6) is 0 Å². The molecule has 0 bridgehead atoms. The van der Waals surface area contributed by atoms with Gasteiger partial charge in [0.05, 0.1) is 26.9 Å². The Morgan fingerprint density at radius 1 is 1.17 bits per heavy atom. The van der Waals surface area contributed by atoms with Gasteiger partial charge >= 0.3 is 0 Å². The van der Waals surface area contributed by atoms with E-state index in [9.17, 15) is 0 Å². The van der Waals surface area contributed by atoms with Gasteiger partial charge in [-0.1, -0.05) is 29.1 Å². The Bertz CT molecular complexity index is 839. The first-order chi connectivity index (χ1) is 11.3. The molecule has 0 radical (unpaired) electrons. The molecule has 0 saturated heterocycles. The summed E-state index contributed by atoms with van der Waals surface area (Å²) in [5.74, 6) is 1.57. The topological polar surface area (TPSA) is 54.7 Å². The van der Waals surface area contributed by atoms with Gasteiger partial charge in [0.2, 0.25) is 0 Å². The third kappa shape index (κ3) is 3.12. The zero-order valence-electron chi connectivity index (χ0n) is 12.3. The molecule has 0 fully saturated rings. The molecule has 0 spiro atoms. The highest BCUT2D eigenvalue weighted by Gasteiger charge is 2.16. The van der Waals surface area contributed by atoms with Crippen LogP contribution in [0.1, 0.15) is 11.5 Å². The van der Waals surface area contributed by atoms with E-state index in [1.54, 1.807) is 34.4 Å². The molecule has 7 heteroatoms. The molecule has 4 aromatic heterocycles. The van der Waals surface area contributed by atoms with E-state index in [2.05, 4.69) is 45.2 Å². The van der Waals surface area contributed by atoms with Crippen molar-refractivity contribution in [3.8, 4) is 21.1 Å². The molecule has 1 N–H and O–H groups in total. The van der Waals surface area contributed by atoms with Gasteiger partial charge in [-0.25, -0.2) is 4.98 Å². The molecule has 0 aliphatic rings. The monoisotopic (exact) mass is 359 g/mol. The molecule has 0 atom stereocenters. The lowest BCUT2D eigenvalue weighted by Crippen LogP contribution is -1.78. The Hall–Kier alpha value is -1.83. The third-order valence-corrected chi connectivity index (χ3v) is 5.89. The van der Waals surface area contributed by atoms with Crippen LogP contribution in [0.3, 0.4) is 0 Å². The van der Waals surface area contributed by atoms with Gasteiger partial charge in [0.1, 0.15) is 11.5 Å². The lowest BCUT2D eigenvalue weighted by atomic mass is 10.2. The minimum atomic E-state index is 0.710. The van der Waals surface area contributed by atoms with Crippen LogP contribution in [-0.4, -0.2) is 15.1 Å². The Morgan fingerprint density at radius 2 is 1.96 bits per heavy atom. The predicted octanol–water partition coefficient (Wildman–Crippen LogP) is 5.46. The van der Waals surface area contributed by atoms with Crippen LogP contribution < -0.4 is 0 Å². The van der Waals surface area contributed by atoms with Gasteiger partial charge in [0, 0.05) is 6.07 Å². The van der Waals surface area contributed by atoms with Crippen LogP contribution >= 0.6 is 34.4 Å². The Balaban J connectivity index is 1.64. The number of aryl methyl sites for hydroxylation is 1. The quantitative estimate of drug-likeness (QED) is 0.481. The average molecular weight is 360 g/mol. The summed E-state index contributed by atoms with van der Waals surface area (Å²) < 4.78 is 5.26. The van der Waals surface area contributed by atoms with Crippen molar-refractivity contribution in [2.24, 2.45) is 0 Å². The zero-order valence-corrected chi connectivity index (χ0v) is 14.7.